The number of amidine groups is 1. The van der Waals surface area contributed by atoms with E-state index in [1.165, 1.54) is 0 Å². The third-order valence-electron chi connectivity index (χ3n) is 2.86. The lowest BCUT2D eigenvalue weighted by Crippen LogP contribution is -2.12. The van der Waals surface area contributed by atoms with Crippen LogP contribution in [0.15, 0.2) is 29.3 Å². The molecule has 18 heavy (non-hydrogen) atoms. The first-order valence-electron chi connectivity index (χ1n) is 6.39. The van der Waals surface area contributed by atoms with Gasteiger partial charge in [-0.15, -0.1) is 0 Å². The summed E-state index contributed by atoms with van der Waals surface area (Å²) in [5.41, 5.74) is 1.06. The molecule has 98 valence electrons. The Labute approximate surface area is 113 Å². The number of ether oxygens (including phenoxy) is 1. The van der Waals surface area contributed by atoms with Gasteiger partial charge in [0.2, 0.25) is 0 Å². The van der Waals surface area contributed by atoms with Crippen molar-refractivity contribution in [3.05, 3.63) is 24.3 Å². The predicted molar refractivity (Wildman–Crippen MR) is 79.8 cm³/mol. The first kappa shape index (κ1) is 13.3. The third-order valence-corrected chi connectivity index (χ3v) is 3.85. The van der Waals surface area contributed by atoms with E-state index in [-0.39, 0.29) is 0 Å². The van der Waals surface area contributed by atoms with Gasteiger partial charge in [0.15, 0.2) is 5.17 Å². The van der Waals surface area contributed by atoms with Crippen LogP contribution >= 0.6 is 11.8 Å². The Morgan fingerprint density at radius 2 is 2.11 bits per heavy atom. The molecular formula is C14H20N2OS. The van der Waals surface area contributed by atoms with Gasteiger partial charge in [-0.05, 0) is 37.1 Å². The molecule has 1 N–H and O–H groups in total. The Hall–Kier alpha value is -1.16. The molecule has 4 heteroatoms. The van der Waals surface area contributed by atoms with Gasteiger partial charge in [-0.25, -0.2) is 0 Å². The van der Waals surface area contributed by atoms with Crippen molar-refractivity contribution in [3.8, 4) is 5.75 Å². The smallest absolute Gasteiger partial charge is 0.161 e. The Balaban J connectivity index is 1.95. The largest absolute Gasteiger partial charge is 0.494 e. The molecule has 1 atom stereocenters. The molecule has 0 unspecified atom stereocenters. The number of nitrogens with one attached hydrogen (secondary N) is 1. The molecule has 2 rings (SSSR count). The minimum Gasteiger partial charge on any atom is -0.494 e. The van der Waals surface area contributed by atoms with Crippen LogP contribution in [0.3, 0.4) is 0 Å². The van der Waals surface area contributed by atoms with Crippen LogP contribution in [0.2, 0.25) is 0 Å². The zero-order valence-corrected chi connectivity index (χ0v) is 12.0. The van der Waals surface area contributed by atoms with Gasteiger partial charge in [0.05, 0.1) is 12.6 Å². The highest BCUT2D eigenvalue weighted by Crippen LogP contribution is 2.25. The van der Waals surface area contributed by atoms with Crippen molar-refractivity contribution in [1.82, 2.24) is 0 Å². The van der Waals surface area contributed by atoms with E-state index in [0.717, 1.165) is 22.4 Å². The summed E-state index contributed by atoms with van der Waals surface area (Å²) in [6.45, 7) is 7.12. The molecule has 0 amide bonds. The van der Waals surface area contributed by atoms with E-state index >= 15 is 0 Å². The van der Waals surface area contributed by atoms with Gasteiger partial charge < -0.3 is 10.1 Å². The molecular weight excluding hydrogens is 244 g/mol. The van der Waals surface area contributed by atoms with Gasteiger partial charge in [0.1, 0.15) is 5.75 Å². The number of hydrogen-bond acceptors (Lipinski definition) is 4. The Morgan fingerprint density at radius 3 is 2.67 bits per heavy atom. The average Bonchev–Trinajstić information content (AvgIpc) is 2.81. The Kier molecular flexibility index (Phi) is 4.53. The van der Waals surface area contributed by atoms with Crippen LogP contribution in [0.25, 0.3) is 0 Å². The van der Waals surface area contributed by atoms with Crippen LogP contribution in [0.4, 0.5) is 5.69 Å². The van der Waals surface area contributed by atoms with E-state index in [2.05, 4.69) is 24.2 Å². The SMILES string of the molecule is CCOc1ccc(NC2=N[C@@H](C(C)C)CS2)cc1. The monoisotopic (exact) mass is 264 g/mol. The van der Waals surface area contributed by atoms with E-state index < -0.39 is 0 Å². The molecule has 0 aromatic heterocycles. The molecule has 0 saturated carbocycles. The fourth-order valence-electron chi connectivity index (χ4n) is 1.72. The van der Waals surface area contributed by atoms with Crippen molar-refractivity contribution in [3.63, 3.8) is 0 Å². The Bertz CT molecular complexity index is 414. The number of thioether (sulfide) groups is 1. The molecule has 0 spiro atoms. The van der Waals surface area contributed by atoms with Crippen molar-refractivity contribution < 1.29 is 4.74 Å². The molecule has 0 bridgehead atoms. The molecule has 1 aromatic rings. The van der Waals surface area contributed by atoms with Crippen molar-refractivity contribution in [2.75, 3.05) is 17.7 Å². The lowest BCUT2D eigenvalue weighted by molar-refractivity contribution is 0.340. The number of aliphatic imine (C=N–C) groups is 1. The number of benzene rings is 1. The maximum Gasteiger partial charge on any atom is 0.161 e. The van der Waals surface area contributed by atoms with Gasteiger partial charge in [-0.2, -0.15) is 0 Å². The quantitative estimate of drug-likeness (QED) is 0.901. The molecule has 1 heterocycles. The van der Waals surface area contributed by atoms with Crippen LogP contribution in [-0.2, 0) is 0 Å². The summed E-state index contributed by atoms with van der Waals surface area (Å²) in [7, 11) is 0. The fourth-order valence-corrected chi connectivity index (χ4v) is 2.91. The van der Waals surface area contributed by atoms with Gasteiger partial charge in [-0.1, -0.05) is 25.6 Å². The Morgan fingerprint density at radius 1 is 1.39 bits per heavy atom. The lowest BCUT2D eigenvalue weighted by Gasteiger charge is -2.08. The van der Waals surface area contributed by atoms with Crippen LogP contribution < -0.4 is 10.1 Å². The second-order valence-corrected chi connectivity index (χ2v) is 5.65. The maximum absolute atomic E-state index is 5.42. The normalized spacial score (nSPS) is 18.9. The molecule has 0 fully saturated rings. The summed E-state index contributed by atoms with van der Waals surface area (Å²) in [6, 6.07) is 8.45. The van der Waals surface area contributed by atoms with Crippen LogP contribution in [0.1, 0.15) is 20.8 Å². The minimum absolute atomic E-state index is 0.445. The highest BCUT2D eigenvalue weighted by atomic mass is 32.2. The van der Waals surface area contributed by atoms with Gasteiger partial charge in [-0.3, -0.25) is 4.99 Å². The average molecular weight is 264 g/mol. The summed E-state index contributed by atoms with van der Waals surface area (Å²) in [4.78, 5) is 4.68. The topological polar surface area (TPSA) is 33.6 Å². The molecule has 1 aliphatic rings. The number of rotatable bonds is 4. The van der Waals surface area contributed by atoms with E-state index in [1.807, 2.05) is 31.2 Å². The zero-order chi connectivity index (χ0) is 13.0. The number of anilines is 1. The molecule has 3 nitrogen and oxygen atoms in total. The highest BCUT2D eigenvalue weighted by Gasteiger charge is 2.20. The van der Waals surface area contributed by atoms with Gasteiger partial charge >= 0.3 is 0 Å². The van der Waals surface area contributed by atoms with Crippen molar-refractivity contribution in [1.29, 1.82) is 0 Å². The summed E-state index contributed by atoms with van der Waals surface area (Å²) >= 11 is 1.80. The van der Waals surface area contributed by atoms with Crippen LogP contribution in [0, 0.1) is 5.92 Å². The van der Waals surface area contributed by atoms with Crippen molar-refractivity contribution >= 4 is 22.6 Å². The minimum atomic E-state index is 0.445. The first-order valence-corrected chi connectivity index (χ1v) is 7.38. The first-order chi connectivity index (χ1) is 8.69. The molecule has 1 aromatic carbocycles. The second-order valence-electron chi connectivity index (χ2n) is 4.64. The second kappa shape index (κ2) is 6.14. The third kappa shape index (κ3) is 3.42. The number of hydrogen-bond donors (Lipinski definition) is 1. The highest BCUT2D eigenvalue weighted by molar-refractivity contribution is 8.14. The van der Waals surface area contributed by atoms with E-state index in [0.29, 0.717) is 18.6 Å². The zero-order valence-electron chi connectivity index (χ0n) is 11.1. The fraction of sp³-hybridized carbons (Fsp3) is 0.500. The lowest BCUT2D eigenvalue weighted by atomic mass is 10.1. The predicted octanol–water partition coefficient (Wildman–Crippen LogP) is 3.62. The van der Waals surface area contributed by atoms with Crippen molar-refractivity contribution in [2.24, 2.45) is 10.9 Å². The molecule has 0 saturated heterocycles. The van der Waals surface area contributed by atoms with Crippen LogP contribution in [-0.4, -0.2) is 23.6 Å². The molecule has 0 radical (unpaired) electrons. The number of nitrogens with zero attached hydrogens (tertiary/aromatic N) is 1. The van der Waals surface area contributed by atoms with Crippen molar-refractivity contribution in [2.45, 2.75) is 26.8 Å². The van der Waals surface area contributed by atoms with E-state index in [1.54, 1.807) is 11.8 Å². The van der Waals surface area contributed by atoms with Gasteiger partial charge in [0.25, 0.3) is 0 Å². The summed E-state index contributed by atoms with van der Waals surface area (Å²) < 4.78 is 5.42. The molecule has 0 aliphatic carbocycles. The van der Waals surface area contributed by atoms with Crippen LogP contribution in [0.5, 0.6) is 5.75 Å². The van der Waals surface area contributed by atoms with E-state index in [4.69, 9.17) is 4.74 Å². The standard InChI is InChI=1S/C14H20N2OS/c1-4-17-12-7-5-11(6-8-12)15-14-16-13(9-18-14)10(2)3/h5-8,10,13H,4,9H2,1-3H3,(H,15,16)/t13-/m1/s1. The molecule has 1 aliphatic heterocycles. The van der Waals surface area contributed by atoms with Gasteiger partial charge in [0, 0.05) is 11.4 Å². The summed E-state index contributed by atoms with van der Waals surface area (Å²) in [5.74, 6) is 2.60. The van der Waals surface area contributed by atoms with E-state index in [9.17, 15) is 0 Å². The summed E-state index contributed by atoms with van der Waals surface area (Å²) in [5, 5.41) is 4.38. The maximum atomic E-state index is 5.42. The summed E-state index contributed by atoms with van der Waals surface area (Å²) in [6.07, 6.45) is 0.